The molecule has 9 heteroatoms. The Hall–Kier alpha value is -2.16. The molecule has 174 valence electrons. The molecule has 0 spiro atoms. The number of anilines is 3. The van der Waals surface area contributed by atoms with Gasteiger partial charge in [-0.05, 0) is 37.8 Å². The van der Waals surface area contributed by atoms with Gasteiger partial charge in [0.15, 0.2) is 0 Å². The molecule has 2 aliphatic heterocycles. The maximum absolute atomic E-state index is 11.8. The van der Waals surface area contributed by atoms with Gasteiger partial charge in [0.05, 0.1) is 41.3 Å². The Balaban J connectivity index is 0.000000354. The average molecular weight is 463 g/mol. The summed E-state index contributed by atoms with van der Waals surface area (Å²) in [5, 5.41) is 18.4. The predicted molar refractivity (Wildman–Crippen MR) is 128 cm³/mol. The Kier molecular flexibility index (Phi) is 7.02. The maximum atomic E-state index is 11.8. The summed E-state index contributed by atoms with van der Waals surface area (Å²) in [6.07, 6.45) is 5.96. The van der Waals surface area contributed by atoms with Gasteiger partial charge in [0.2, 0.25) is 0 Å². The van der Waals surface area contributed by atoms with Gasteiger partial charge in [-0.1, -0.05) is 18.5 Å². The summed E-state index contributed by atoms with van der Waals surface area (Å²) in [4.78, 5) is 4.83. The monoisotopic (exact) mass is 462 g/mol. The number of piperazine rings is 1. The highest BCUT2D eigenvalue weighted by molar-refractivity contribution is 6.33. The van der Waals surface area contributed by atoms with E-state index in [1.54, 1.807) is 12.4 Å². The summed E-state index contributed by atoms with van der Waals surface area (Å²) >= 11 is 6.54. The summed E-state index contributed by atoms with van der Waals surface area (Å²) in [6, 6.07) is 3.87. The molecule has 3 aliphatic rings. The van der Waals surface area contributed by atoms with Gasteiger partial charge in [0.25, 0.3) is 0 Å². The Morgan fingerprint density at radius 3 is 2.47 bits per heavy atom. The zero-order valence-corrected chi connectivity index (χ0v) is 19.5. The number of aromatic nitrogens is 2. The lowest BCUT2D eigenvalue weighted by Crippen LogP contribution is -2.64. The molecule has 3 fully saturated rings. The van der Waals surface area contributed by atoms with Crippen LogP contribution in [0.25, 0.3) is 0 Å². The zero-order valence-electron chi connectivity index (χ0n) is 18.7. The van der Waals surface area contributed by atoms with E-state index in [4.69, 9.17) is 21.7 Å². The van der Waals surface area contributed by atoms with Crippen LogP contribution in [0, 0.1) is 11.3 Å². The minimum atomic E-state index is -0.458. The molecule has 3 heterocycles. The Labute approximate surface area is 193 Å². The number of ether oxygens (including phenoxy) is 1. The first kappa shape index (κ1) is 23.0. The largest absolute Gasteiger partial charge is 0.377 e. The molecule has 0 bridgehead atoms. The van der Waals surface area contributed by atoms with Crippen LogP contribution in [0.4, 0.5) is 21.5 Å². The zero-order chi connectivity index (χ0) is 22.7. The summed E-state index contributed by atoms with van der Waals surface area (Å²) in [5.41, 5.74) is 3.64. The quantitative estimate of drug-likeness (QED) is 0.571. The number of nitrogens with zero attached hydrogens (tertiary/aromatic N) is 3. The van der Waals surface area contributed by atoms with Crippen molar-refractivity contribution in [2.45, 2.75) is 38.4 Å². The van der Waals surface area contributed by atoms with Gasteiger partial charge in [-0.2, -0.15) is 5.10 Å². The van der Waals surface area contributed by atoms with Crippen LogP contribution in [0.2, 0.25) is 5.02 Å². The van der Waals surface area contributed by atoms with E-state index < -0.39 is 6.17 Å². The van der Waals surface area contributed by atoms with Crippen molar-refractivity contribution in [3.8, 4) is 0 Å². The molecule has 0 radical (unpaired) electrons. The van der Waals surface area contributed by atoms with Gasteiger partial charge in [-0.3, -0.25) is 10.00 Å². The third kappa shape index (κ3) is 5.08. The van der Waals surface area contributed by atoms with E-state index in [1.165, 1.54) is 6.21 Å². The Bertz CT molecular complexity index is 899. The number of alkyl halides is 1. The second-order valence-electron chi connectivity index (χ2n) is 9.28. The normalized spacial score (nSPS) is 24.6. The fraction of sp³-hybridized carbons (Fsp3) is 0.565. The molecule has 1 aromatic heterocycles. The highest BCUT2D eigenvalue weighted by Crippen LogP contribution is 2.35. The van der Waals surface area contributed by atoms with Crippen molar-refractivity contribution >= 4 is 34.9 Å². The number of halogens is 2. The van der Waals surface area contributed by atoms with E-state index >= 15 is 0 Å². The van der Waals surface area contributed by atoms with Crippen LogP contribution in [-0.4, -0.2) is 72.4 Å². The maximum Gasteiger partial charge on any atom is 0.101 e. The van der Waals surface area contributed by atoms with Gasteiger partial charge in [-0.25, -0.2) is 4.39 Å². The van der Waals surface area contributed by atoms with Crippen LogP contribution in [0.15, 0.2) is 24.5 Å². The van der Waals surface area contributed by atoms with Crippen LogP contribution in [0.1, 0.15) is 32.3 Å². The fourth-order valence-electron chi connectivity index (χ4n) is 4.39. The highest BCUT2D eigenvalue weighted by Gasteiger charge is 2.40. The van der Waals surface area contributed by atoms with Crippen molar-refractivity contribution in [2.24, 2.45) is 5.92 Å². The predicted octanol–water partition coefficient (Wildman–Crippen LogP) is 4.47. The molecule has 2 aromatic rings. The smallest absolute Gasteiger partial charge is 0.101 e. The SMILES string of the molecule is CC1(N2CCN(c3cc(Nc4cn[nH]c4)c(C=N)cc3Cl)CC2)COC1.CC1CC(F)C1. The van der Waals surface area contributed by atoms with E-state index in [0.717, 1.165) is 74.9 Å². The number of benzene rings is 1. The van der Waals surface area contributed by atoms with Crippen LogP contribution in [-0.2, 0) is 4.74 Å². The van der Waals surface area contributed by atoms with Crippen molar-refractivity contribution in [3.63, 3.8) is 0 Å². The number of nitrogens with one attached hydrogen (secondary N) is 3. The van der Waals surface area contributed by atoms with E-state index in [-0.39, 0.29) is 5.54 Å². The number of aromatic amines is 1. The molecule has 32 heavy (non-hydrogen) atoms. The lowest BCUT2D eigenvalue weighted by molar-refractivity contribution is -0.131. The van der Waals surface area contributed by atoms with E-state index in [9.17, 15) is 4.39 Å². The third-order valence-electron chi connectivity index (χ3n) is 6.58. The van der Waals surface area contributed by atoms with E-state index in [1.807, 2.05) is 12.1 Å². The Morgan fingerprint density at radius 1 is 1.28 bits per heavy atom. The lowest BCUT2D eigenvalue weighted by atomic mass is 9.85. The molecule has 1 aromatic carbocycles. The van der Waals surface area contributed by atoms with Gasteiger partial charge < -0.3 is 20.4 Å². The summed E-state index contributed by atoms with van der Waals surface area (Å²) in [5.74, 6) is 0.667. The molecule has 2 saturated heterocycles. The second-order valence-corrected chi connectivity index (χ2v) is 9.69. The van der Waals surface area contributed by atoms with Crippen molar-refractivity contribution in [2.75, 3.05) is 49.6 Å². The van der Waals surface area contributed by atoms with Gasteiger partial charge in [-0.15, -0.1) is 0 Å². The molecule has 7 nitrogen and oxygen atoms in total. The first-order valence-electron chi connectivity index (χ1n) is 11.2. The second kappa shape index (κ2) is 9.77. The molecule has 1 saturated carbocycles. The van der Waals surface area contributed by atoms with Crippen molar-refractivity contribution in [3.05, 3.63) is 35.1 Å². The number of rotatable bonds is 5. The fourth-order valence-corrected chi connectivity index (χ4v) is 4.68. The first-order valence-corrected chi connectivity index (χ1v) is 11.6. The first-order chi connectivity index (χ1) is 15.4. The molecular weight excluding hydrogens is 431 g/mol. The summed E-state index contributed by atoms with van der Waals surface area (Å²) in [7, 11) is 0. The lowest BCUT2D eigenvalue weighted by Gasteiger charge is -2.50. The topological polar surface area (TPSA) is 80.3 Å². The number of hydrogen-bond donors (Lipinski definition) is 3. The highest BCUT2D eigenvalue weighted by atomic mass is 35.5. The Morgan fingerprint density at radius 2 is 2.00 bits per heavy atom. The molecule has 0 amide bonds. The van der Waals surface area contributed by atoms with Crippen LogP contribution in [0.3, 0.4) is 0 Å². The van der Waals surface area contributed by atoms with Gasteiger partial charge in [0.1, 0.15) is 6.17 Å². The van der Waals surface area contributed by atoms with Crippen molar-refractivity contribution < 1.29 is 9.13 Å². The third-order valence-corrected chi connectivity index (χ3v) is 6.88. The average Bonchev–Trinajstić information content (AvgIpc) is 3.26. The molecule has 5 rings (SSSR count). The molecule has 0 atom stereocenters. The summed E-state index contributed by atoms with van der Waals surface area (Å²) in [6.45, 7) is 9.82. The number of H-pyrrole nitrogens is 1. The molecular formula is C23H32ClFN6O. The van der Waals surface area contributed by atoms with Crippen LogP contribution in [0.5, 0.6) is 0 Å². The van der Waals surface area contributed by atoms with Gasteiger partial charge in [0, 0.05) is 49.8 Å². The number of hydrogen-bond acceptors (Lipinski definition) is 6. The molecule has 1 aliphatic carbocycles. The van der Waals surface area contributed by atoms with Crippen LogP contribution >= 0.6 is 11.6 Å². The van der Waals surface area contributed by atoms with E-state index in [2.05, 4.69) is 39.2 Å². The summed E-state index contributed by atoms with van der Waals surface area (Å²) < 4.78 is 17.2. The minimum absolute atomic E-state index is 0.188. The van der Waals surface area contributed by atoms with E-state index in [0.29, 0.717) is 10.9 Å². The standard InChI is InChI=1S/C18H23ClN6O.C5H9F/c1-18(11-26-12-18)25-4-2-24(3-5-25)17-7-16(13(8-20)6-15(17)19)23-14-9-21-22-10-14;1-4-2-5(6)3-4/h6-10,20,23H,2-5,11-12H2,1H3,(H,21,22);4-5H,2-3H2,1H3. The van der Waals surface area contributed by atoms with Crippen molar-refractivity contribution in [1.29, 1.82) is 5.41 Å². The minimum Gasteiger partial charge on any atom is -0.377 e. The van der Waals surface area contributed by atoms with Crippen LogP contribution < -0.4 is 10.2 Å². The van der Waals surface area contributed by atoms with Crippen molar-refractivity contribution in [1.82, 2.24) is 15.1 Å². The van der Waals surface area contributed by atoms with Gasteiger partial charge >= 0.3 is 0 Å². The molecule has 0 unspecified atom stereocenters. The molecule has 3 N–H and O–H groups in total.